The average Bonchev–Trinajstić information content (AvgIpc) is 2.73. The zero-order valence-electron chi connectivity index (χ0n) is 17.6. The maximum Gasteiger partial charge on any atom is 0.250 e. The fourth-order valence-electron chi connectivity index (χ4n) is 1.92. The first-order valence-corrected chi connectivity index (χ1v) is 10.8. The minimum Gasteiger partial charge on any atom is -0.332 e. The zero-order valence-corrected chi connectivity index (χ0v) is 19.2. The Bertz CT molecular complexity index is 759. The van der Waals surface area contributed by atoms with Gasteiger partial charge in [0.25, 0.3) is 0 Å². The minimum atomic E-state index is -1.31. The van der Waals surface area contributed by atoms with E-state index in [9.17, 15) is 9.00 Å². The van der Waals surface area contributed by atoms with E-state index in [1.54, 1.807) is 46.8 Å². The Balaban J connectivity index is 0.00000379. The lowest BCUT2D eigenvalue weighted by molar-refractivity contribution is -0.115. The number of hydrogen-bond acceptors (Lipinski definition) is 3. The second-order valence-electron chi connectivity index (χ2n) is 5.51. The number of rotatable bonds is 9. The van der Waals surface area contributed by atoms with Crippen LogP contribution in [0.1, 0.15) is 27.7 Å². The lowest BCUT2D eigenvalue weighted by atomic mass is 10.2. The summed E-state index contributed by atoms with van der Waals surface area (Å²) in [6, 6.07) is 7.01. The maximum absolute atomic E-state index is 12.6. The molecule has 1 atom stereocenters. The number of nitrogens with one attached hydrogen (secondary N) is 2. The van der Waals surface area contributed by atoms with Gasteiger partial charge in [-0.3, -0.25) is 10.1 Å². The van der Waals surface area contributed by atoms with E-state index >= 15 is 0 Å². The van der Waals surface area contributed by atoms with Gasteiger partial charge in [0.2, 0.25) is 5.91 Å². The van der Waals surface area contributed by atoms with Crippen molar-refractivity contribution in [3.8, 4) is 0 Å². The molecule has 1 aromatic rings. The summed E-state index contributed by atoms with van der Waals surface area (Å²) in [7, 11) is -1.31. The van der Waals surface area contributed by atoms with Gasteiger partial charge < -0.3 is 5.32 Å². The van der Waals surface area contributed by atoms with Crippen LogP contribution >= 0.6 is 12.2 Å². The highest BCUT2D eigenvalue weighted by atomic mass is 32.2. The molecule has 0 saturated carbocycles. The van der Waals surface area contributed by atoms with E-state index in [1.165, 1.54) is 6.08 Å². The summed E-state index contributed by atoms with van der Waals surface area (Å²) in [6.45, 7) is 16.1. The molecule has 0 radical (unpaired) electrons. The Kier molecular flexibility index (Phi) is 14.3. The number of allylic oxidation sites excluding steroid dienone is 3. The molecule has 0 saturated heterocycles. The van der Waals surface area contributed by atoms with Crippen LogP contribution in [-0.4, -0.2) is 32.6 Å². The normalized spacial score (nSPS) is 12.0. The number of thiocarbonyl (C=S) groups is 1. The Morgan fingerprint density at radius 2 is 1.69 bits per heavy atom. The highest BCUT2D eigenvalue weighted by Crippen LogP contribution is 2.15. The number of nitrogens with zero attached hydrogens (tertiary/aromatic N) is 1. The lowest BCUT2D eigenvalue weighted by Crippen LogP contribution is -2.32. The molecule has 1 amide bonds. The van der Waals surface area contributed by atoms with Crippen molar-refractivity contribution in [2.75, 3.05) is 18.4 Å². The van der Waals surface area contributed by atoms with Gasteiger partial charge >= 0.3 is 0 Å². The monoisotopic (exact) mass is 433 g/mol. The third-order valence-electron chi connectivity index (χ3n) is 3.40. The lowest BCUT2D eigenvalue weighted by Gasteiger charge is -2.17. The highest BCUT2D eigenvalue weighted by molar-refractivity contribution is 7.82. The zero-order chi connectivity index (χ0) is 22.2. The maximum atomic E-state index is 12.6. The third kappa shape index (κ3) is 10.7. The van der Waals surface area contributed by atoms with E-state index in [0.29, 0.717) is 23.7 Å². The molecule has 0 aliphatic rings. The molecule has 1 unspecified atom stereocenters. The molecule has 0 aliphatic carbocycles. The first-order chi connectivity index (χ1) is 13.9. The molecule has 0 aromatic heterocycles. The average molecular weight is 434 g/mol. The molecule has 0 bridgehead atoms. The quantitative estimate of drug-likeness (QED) is 0.255. The Morgan fingerprint density at radius 1 is 1.14 bits per heavy atom. The van der Waals surface area contributed by atoms with Gasteiger partial charge in [0.1, 0.15) is 11.0 Å². The van der Waals surface area contributed by atoms with E-state index < -0.39 is 11.0 Å². The molecule has 1 rings (SSSR count). The topological polar surface area (TPSA) is 61.4 Å². The third-order valence-corrected chi connectivity index (χ3v) is 5.05. The van der Waals surface area contributed by atoms with Crippen LogP contribution in [0.3, 0.4) is 0 Å². The molecule has 1 aromatic carbocycles. The first kappa shape index (κ1) is 26.6. The molecule has 2 N–H and O–H groups in total. The molecule has 0 fully saturated rings. The molecule has 5 nitrogen and oxygen atoms in total. The SMILES string of the molecule is C=CCN(CC=C)S(=O)c1ccc(NC(=S)NC(=O)/C=C/C(C)=C/C)cc1.CC. The van der Waals surface area contributed by atoms with Crippen LogP contribution < -0.4 is 10.6 Å². The van der Waals surface area contributed by atoms with E-state index in [1.807, 2.05) is 33.8 Å². The van der Waals surface area contributed by atoms with Crippen molar-refractivity contribution in [3.05, 3.63) is 73.4 Å². The predicted octanol–water partition coefficient (Wildman–Crippen LogP) is 4.74. The predicted molar refractivity (Wildman–Crippen MR) is 129 cm³/mol. The number of benzene rings is 1. The number of carbonyl (C=O) groups is 1. The molecular formula is C22H31N3O2S2. The summed E-state index contributed by atoms with van der Waals surface area (Å²) in [5.74, 6) is -0.309. The number of carbonyl (C=O) groups excluding carboxylic acids is 1. The van der Waals surface area contributed by atoms with Gasteiger partial charge in [-0.25, -0.2) is 8.51 Å². The fourth-order valence-corrected chi connectivity index (χ4v) is 3.29. The van der Waals surface area contributed by atoms with Crippen LogP contribution in [0.5, 0.6) is 0 Å². The Morgan fingerprint density at radius 3 is 2.17 bits per heavy atom. The summed E-state index contributed by atoms with van der Waals surface area (Å²) < 4.78 is 14.3. The van der Waals surface area contributed by atoms with Crippen molar-refractivity contribution in [2.24, 2.45) is 0 Å². The van der Waals surface area contributed by atoms with E-state index in [-0.39, 0.29) is 11.0 Å². The van der Waals surface area contributed by atoms with Crippen molar-refractivity contribution < 1.29 is 9.00 Å². The van der Waals surface area contributed by atoms with Crippen molar-refractivity contribution in [1.29, 1.82) is 0 Å². The smallest absolute Gasteiger partial charge is 0.250 e. The van der Waals surface area contributed by atoms with Crippen LogP contribution in [0.25, 0.3) is 0 Å². The van der Waals surface area contributed by atoms with Gasteiger partial charge in [-0.05, 0) is 50.3 Å². The summed E-state index contributed by atoms with van der Waals surface area (Å²) in [5, 5.41) is 5.69. The second kappa shape index (κ2) is 15.6. The van der Waals surface area contributed by atoms with Crippen LogP contribution in [0.4, 0.5) is 5.69 Å². The van der Waals surface area contributed by atoms with E-state index in [2.05, 4.69) is 23.8 Å². The van der Waals surface area contributed by atoms with Gasteiger partial charge in [-0.2, -0.15) is 0 Å². The van der Waals surface area contributed by atoms with Gasteiger partial charge in [-0.15, -0.1) is 13.2 Å². The van der Waals surface area contributed by atoms with Gasteiger partial charge in [0.05, 0.1) is 4.90 Å². The van der Waals surface area contributed by atoms with Crippen molar-refractivity contribution in [3.63, 3.8) is 0 Å². The van der Waals surface area contributed by atoms with Crippen molar-refractivity contribution >= 4 is 39.9 Å². The van der Waals surface area contributed by atoms with Crippen molar-refractivity contribution in [2.45, 2.75) is 32.6 Å². The van der Waals surface area contributed by atoms with Crippen LogP contribution in [0.15, 0.2) is 78.3 Å². The van der Waals surface area contributed by atoms with Gasteiger partial charge in [-0.1, -0.05) is 43.7 Å². The molecule has 0 heterocycles. The summed E-state index contributed by atoms with van der Waals surface area (Å²) in [6.07, 6.45) is 8.43. The molecule has 0 aliphatic heterocycles. The summed E-state index contributed by atoms with van der Waals surface area (Å²) >= 11 is 5.13. The van der Waals surface area contributed by atoms with Gasteiger partial charge in [0.15, 0.2) is 5.11 Å². The molecule has 29 heavy (non-hydrogen) atoms. The largest absolute Gasteiger partial charge is 0.332 e. The van der Waals surface area contributed by atoms with E-state index in [4.69, 9.17) is 12.2 Å². The molecular weight excluding hydrogens is 402 g/mol. The standard InChI is InChI=1S/C20H25N3O2S2.C2H6/c1-5-14-23(15-6-2)27(25)18-11-9-17(10-12-18)21-20(26)22-19(24)13-8-16(4)7-3;1-2/h5-13H,1-2,14-15H2,3-4H3,(H2,21,22,24,26);1-2H3/b13-8+,16-7+;. The minimum absolute atomic E-state index is 0.191. The number of hydrogen-bond donors (Lipinski definition) is 2. The number of anilines is 1. The van der Waals surface area contributed by atoms with E-state index in [0.717, 1.165) is 5.57 Å². The van der Waals surface area contributed by atoms with Crippen LogP contribution in [-0.2, 0) is 15.8 Å². The molecule has 0 spiro atoms. The first-order valence-electron chi connectivity index (χ1n) is 9.33. The van der Waals surface area contributed by atoms with Crippen LogP contribution in [0, 0.1) is 0 Å². The summed E-state index contributed by atoms with van der Waals surface area (Å²) in [5.41, 5.74) is 1.67. The molecule has 7 heteroatoms. The molecule has 158 valence electrons. The van der Waals surface area contributed by atoms with Crippen LogP contribution in [0.2, 0.25) is 0 Å². The van der Waals surface area contributed by atoms with Crippen molar-refractivity contribution in [1.82, 2.24) is 9.62 Å². The highest BCUT2D eigenvalue weighted by Gasteiger charge is 2.12. The fraction of sp³-hybridized carbons (Fsp3) is 0.273. The Labute approximate surface area is 182 Å². The number of amides is 1. The van der Waals surface area contributed by atoms with Gasteiger partial charge in [0, 0.05) is 24.9 Å². The summed E-state index contributed by atoms with van der Waals surface area (Å²) in [4.78, 5) is 12.4. The second-order valence-corrected chi connectivity index (χ2v) is 7.40. The Hall–Kier alpha value is -2.35.